The maximum atomic E-state index is 12.7. The molecule has 0 bridgehead atoms. The molecule has 3 aromatic rings. The molecule has 2 aromatic carbocycles. The summed E-state index contributed by atoms with van der Waals surface area (Å²) in [6.07, 6.45) is 0. The van der Waals surface area contributed by atoms with Crippen molar-refractivity contribution < 1.29 is 85.1 Å². The zero-order valence-electron chi connectivity index (χ0n) is 17.9. The molecule has 164 valence electrons. The van der Waals surface area contributed by atoms with Crippen molar-refractivity contribution in [1.29, 1.82) is 0 Å². The summed E-state index contributed by atoms with van der Waals surface area (Å²) in [7, 11) is -9.64. The predicted octanol–water partition coefficient (Wildman–Crippen LogP) is -3.33. The van der Waals surface area contributed by atoms with Crippen LogP contribution in [0.4, 0.5) is 11.4 Å². The minimum atomic E-state index is -4.89. The summed E-state index contributed by atoms with van der Waals surface area (Å²) < 4.78 is 69.2. The number of rotatable bonds is 5. The average molecular weight is 531 g/mol. The smallest absolute Gasteiger partial charge is 0.744 e. The standard InChI is InChI=1S/C17H15ClN4O7S2.2Na/c1-9-6-15(31(27,28)29)14(8-13(9)18)19-20-16-10(2)21-22(17(16)23)11-4-3-5-12(7-11)30(24,25)26;;/h3-8,21H,1-2H3,(H,24,25,26)(H,27,28,29);;/q;2*+1/p-2. The van der Waals surface area contributed by atoms with Crippen molar-refractivity contribution in [3.8, 4) is 5.69 Å². The van der Waals surface area contributed by atoms with E-state index in [-0.39, 0.29) is 86.9 Å². The Bertz CT molecular complexity index is 1500. The van der Waals surface area contributed by atoms with Crippen molar-refractivity contribution in [3.63, 3.8) is 0 Å². The molecule has 0 fully saturated rings. The Balaban J connectivity index is 0.00000272. The van der Waals surface area contributed by atoms with Gasteiger partial charge in [0, 0.05) is 5.02 Å². The van der Waals surface area contributed by atoms with Gasteiger partial charge < -0.3 is 9.11 Å². The second-order valence-electron chi connectivity index (χ2n) is 6.40. The van der Waals surface area contributed by atoms with E-state index in [1.54, 1.807) is 0 Å². The van der Waals surface area contributed by atoms with Gasteiger partial charge >= 0.3 is 59.1 Å². The fourth-order valence-corrected chi connectivity index (χ4v) is 3.99. The second kappa shape index (κ2) is 11.3. The summed E-state index contributed by atoms with van der Waals surface area (Å²) in [5, 5.41) is 10.3. The van der Waals surface area contributed by atoms with Gasteiger partial charge in [0.05, 0.1) is 21.2 Å². The number of hydrogen-bond donors (Lipinski definition) is 1. The zero-order chi connectivity index (χ0) is 23.1. The third-order valence-corrected chi connectivity index (χ3v) is 6.28. The van der Waals surface area contributed by atoms with E-state index in [9.17, 15) is 30.7 Å². The number of hydrogen-bond acceptors (Lipinski definition) is 9. The van der Waals surface area contributed by atoms with Crippen molar-refractivity contribution in [2.24, 2.45) is 10.2 Å². The van der Waals surface area contributed by atoms with Crippen LogP contribution in [-0.4, -0.2) is 35.7 Å². The number of azo groups is 1. The maximum absolute atomic E-state index is 12.7. The number of nitrogens with zero attached hydrogens (tertiary/aromatic N) is 3. The third-order valence-electron chi connectivity index (χ3n) is 4.17. The van der Waals surface area contributed by atoms with Crippen LogP contribution in [0, 0.1) is 13.8 Å². The SMILES string of the molecule is Cc1cc(S(=O)(=O)[O-])c(N=Nc2c(C)[nH]n(-c3cccc(S(=O)(=O)[O-])c3)c2=O)cc1Cl.[Na+].[Na+]. The Labute approximate surface area is 238 Å². The van der Waals surface area contributed by atoms with E-state index < -0.39 is 35.6 Å². The van der Waals surface area contributed by atoms with E-state index in [0.717, 1.165) is 28.9 Å². The van der Waals surface area contributed by atoms with Crippen LogP contribution < -0.4 is 64.7 Å². The molecule has 11 nitrogen and oxygen atoms in total. The number of benzene rings is 2. The van der Waals surface area contributed by atoms with Crippen LogP contribution >= 0.6 is 11.6 Å². The van der Waals surface area contributed by atoms with Gasteiger partial charge in [-0.2, -0.15) is 0 Å². The van der Waals surface area contributed by atoms with E-state index in [1.165, 1.54) is 26.0 Å². The van der Waals surface area contributed by atoms with Gasteiger partial charge in [0.2, 0.25) is 0 Å². The van der Waals surface area contributed by atoms with Gasteiger partial charge in [-0.1, -0.05) is 17.7 Å². The van der Waals surface area contributed by atoms with Crippen LogP contribution in [0.3, 0.4) is 0 Å². The van der Waals surface area contributed by atoms with Crippen LogP contribution in [0.25, 0.3) is 5.69 Å². The summed E-state index contributed by atoms with van der Waals surface area (Å²) in [5.41, 5.74) is -0.755. The summed E-state index contributed by atoms with van der Waals surface area (Å²) in [5.74, 6) is 0. The van der Waals surface area contributed by atoms with Gasteiger partial charge in [-0.25, -0.2) is 21.5 Å². The molecule has 0 aliphatic carbocycles. The summed E-state index contributed by atoms with van der Waals surface area (Å²) in [4.78, 5) is 11.5. The molecule has 0 aliphatic heterocycles. The third kappa shape index (κ3) is 6.86. The van der Waals surface area contributed by atoms with E-state index >= 15 is 0 Å². The number of aryl methyl sites for hydroxylation is 2. The largest absolute Gasteiger partial charge is 1.00 e. The molecule has 0 radical (unpaired) electrons. The summed E-state index contributed by atoms with van der Waals surface area (Å²) in [6.45, 7) is 2.97. The first kappa shape index (κ1) is 30.2. The minimum Gasteiger partial charge on any atom is -0.744 e. The molecular formula is C17H13ClN4Na2O7S2. The monoisotopic (exact) mass is 530 g/mol. The van der Waals surface area contributed by atoms with Crippen LogP contribution in [0.15, 0.2) is 61.2 Å². The molecule has 0 aliphatic rings. The Hall–Kier alpha value is -0.840. The van der Waals surface area contributed by atoms with Crippen LogP contribution in [-0.2, 0) is 20.2 Å². The number of aromatic amines is 1. The number of H-pyrrole nitrogens is 1. The van der Waals surface area contributed by atoms with Crippen molar-refractivity contribution >= 4 is 43.2 Å². The minimum absolute atomic E-state index is 0. The Morgan fingerprint density at radius 1 is 0.970 bits per heavy atom. The Morgan fingerprint density at radius 2 is 1.61 bits per heavy atom. The van der Waals surface area contributed by atoms with E-state index in [0.29, 0.717) is 5.56 Å². The quantitative estimate of drug-likeness (QED) is 0.204. The first-order valence-corrected chi connectivity index (χ1v) is 11.5. The zero-order valence-corrected chi connectivity index (χ0v) is 24.2. The summed E-state index contributed by atoms with van der Waals surface area (Å²) in [6, 6.07) is 6.94. The molecule has 0 amide bonds. The van der Waals surface area contributed by atoms with Crippen LogP contribution in [0.2, 0.25) is 5.02 Å². The first-order chi connectivity index (χ1) is 14.3. The first-order valence-electron chi connectivity index (χ1n) is 8.35. The topological polar surface area (TPSA) is 177 Å². The molecular weight excluding hydrogens is 518 g/mol. The van der Waals surface area contributed by atoms with Gasteiger partial charge in [-0.15, -0.1) is 10.2 Å². The molecule has 16 heteroatoms. The summed E-state index contributed by atoms with van der Waals surface area (Å²) >= 11 is 5.97. The average Bonchev–Trinajstić information content (AvgIpc) is 2.95. The molecule has 1 heterocycles. The fraction of sp³-hybridized carbons (Fsp3) is 0.118. The van der Waals surface area contributed by atoms with Gasteiger partial charge in [0.25, 0.3) is 5.56 Å². The predicted molar refractivity (Wildman–Crippen MR) is 107 cm³/mol. The Morgan fingerprint density at radius 3 is 2.18 bits per heavy atom. The maximum Gasteiger partial charge on any atom is 1.00 e. The molecule has 0 saturated heterocycles. The number of aromatic nitrogens is 2. The van der Waals surface area contributed by atoms with Crippen molar-refractivity contribution in [2.45, 2.75) is 23.6 Å². The normalized spacial score (nSPS) is 11.8. The second-order valence-corrected chi connectivity index (χ2v) is 9.54. The molecule has 1 N–H and O–H groups in total. The molecule has 0 atom stereocenters. The fourth-order valence-electron chi connectivity index (χ4n) is 2.64. The molecule has 0 saturated carbocycles. The molecule has 0 spiro atoms. The van der Waals surface area contributed by atoms with E-state index in [2.05, 4.69) is 15.3 Å². The van der Waals surface area contributed by atoms with Crippen LogP contribution in [0.5, 0.6) is 0 Å². The molecule has 0 unspecified atom stereocenters. The van der Waals surface area contributed by atoms with Gasteiger partial charge in [-0.3, -0.25) is 9.89 Å². The van der Waals surface area contributed by atoms with Gasteiger partial charge in [-0.05, 0) is 49.7 Å². The van der Waals surface area contributed by atoms with E-state index in [1.807, 2.05) is 0 Å². The number of halogens is 1. The molecule has 3 rings (SSSR count). The van der Waals surface area contributed by atoms with Crippen molar-refractivity contribution in [2.75, 3.05) is 0 Å². The Kier molecular flexibility index (Phi) is 10.3. The van der Waals surface area contributed by atoms with Crippen molar-refractivity contribution in [1.82, 2.24) is 9.78 Å². The van der Waals surface area contributed by atoms with E-state index in [4.69, 9.17) is 11.6 Å². The van der Waals surface area contributed by atoms with Crippen LogP contribution in [0.1, 0.15) is 11.3 Å². The molecule has 1 aromatic heterocycles. The van der Waals surface area contributed by atoms with Gasteiger partial charge in [0.15, 0.2) is 5.69 Å². The van der Waals surface area contributed by atoms with Gasteiger partial charge in [0.1, 0.15) is 25.9 Å². The number of nitrogens with one attached hydrogen (secondary N) is 1. The van der Waals surface area contributed by atoms with Crippen molar-refractivity contribution in [3.05, 3.63) is 63.0 Å². The molecule has 33 heavy (non-hydrogen) atoms.